The van der Waals surface area contributed by atoms with E-state index in [-0.39, 0.29) is 25.3 Å². The normalized spacial score (nSPS) is 20.2. The van der Waals surface area contributed by atoms with E-state index in [0.717, 1.165) is 0 Å². The Morgan fingerprint density at radius 2 is 2.03 bits per heavy atom. The Balaban J connectivity index is 1.39. The topological polar surface area (TPSA) is 66.3 Å². The van der Waals surface area contributed by atoms with Crippen molar-refractivity contribution in [2.75, 3.05) is 36.4 Å². The number of carbonyl (C=O) groups is 1. The molecule has 1 N–H and O–H groups in total. The molecule has 1 aromatic carbocycles. The van der Waals surface area contributed by atoms with Crippen LogP contribution >= 0.6 is 0 Å². The van der Waals surface area contributed by atoms with E-state index in [0.29, 0.717) is 35.4 Å². The van der Waals surface area contributed by atoms with Crippen molar-refractivity contribution in [2.45, 2.75) is 18.5 Å². The second-order valence-electron chi connectivity index (χ2n) is 7.82. The number of alkyl halides is 3. The highest BCUT2D eigenvalue weighted by molar-refractivity contribution is 5.90. The fourth-order valence-electron chi connectivity index (χ4n) is 3.77. The minimum atomic E-state index is -2.70. The molecule has 0 spiro atoms. The smallest absolute Gasteiger partial charge is 0.321 e. The van der Waals surface area contributed by atoms with Gasteiger partial charge in [0.05, 0.1) is 31.5 Å². The number of likely N-dealkylation sites (tertiary alicyclic amines) is 1. The molecule has 162 valence electrons. The number of benzene rings is 1. The van der Waals surface area contributed by atoms with Crippen LogP contribution in [0, 0.1) is 5.82 Å². The van der Waals surface area contributed by atoms with E-state index < -0.39 is 23.9 Å². The Labute approximate surface area is 174 Å². The molecule has 2 saturated heterocycles. The van der Waals surface area contributed by atoms with Crippen molar-refractivity contribution in [1.82, 2.24) is 19.7 Å². The molecule has 11 heteroatoms. The lowest BCUT2D eigenvalue weighted by molar-refractivity contribution is -0.0262. The third-order valence-corrected chi connectivity index (χ3v) is 5.42. The Kier molecular flexibility index (Phi) is 4.49. The molecule has 4 heterocycles. The minimum Gasteiger partial charge on any atom is -0.358 e. The summed E-state index contributed by atoms with van der Waals surface area (Å²) in [6.07, 6.45) is 2.26. The van der Waals surface area contributed by atoms with Gasteiger partial charge in [-0.25, -0.2) is 32.0 Å². The van der Waals surface area contributed by atoms with E-state index in [2.05, 4.69) is 15.4 Å². The van der Waals surface area contributed by atoms with Gasteiger partial charge in [0.2, 0.25) is 0 Å². The average molecular weight is 434 g/mol. The predicted octanol–water partition coefficient (Wildman–Crippen LogP) is 3.59. The molecule has 2 aromatic heterocycles. The van der Waals surface area contributed by atoms with Crippen molar-refractivity contribution in [2.24, 2.45) is 0 Å². The molecule has 5 rings (SSSR count). The van der Waals surface area contributed by atoms with Crippen LogP contribution in [0.1, 0.15) is 6.42 Å². The van der Waals surface area contributed by atoms with E-state index in [4.69, 9.17) is 0 Å². The molecule has 0 saturated carbocycles. The van der Waals surface area contributed by atoms with Gasteiger partial charge >= 0.3 is 6.03 Å². The van der Waals surface area contributed by atoms with E-state index in [1.165, 1.54) is 38.9 Å². The second-order valence-corrected chi connectivity index (χ2v) is 7.82. The number of amides is 2. The fourth-order valence-corrected chi connectivity index (χ4v) is 3.77. The van der Waals surface area contributed by atoms with Crippen molar-refractivity contribution in [3.8, 4) is 5.69 Å². The molecule has 2 amide bonds. The van der Waals surface area contributed by atoms with Crippen LogP contribution in [-0.4, -0.2) is 64.0 Å². The highest BCUT2D eigenvalue weighted by Gasteiger charge is 2.44. The van der Waals surface area contributed by atoms with Gasteiger partial charge in [-0.05, 0) is 30.7 Å². The summed E-state index contributed by atoms with van der Waals surface area (Å²) in [6.45, 7) is -0.389. The van der Waals surface area contributed by atoms with Crippen LogP contribution < -0.4 is 10.2 Å². The zero-order valence-electron chi connectivity index (χ0n) is 16.2. The Bertz CT molecular complexity index is 1160. The Hall–Kier alpha value is -3.37. The minimum absolute atomic E-state index is 0.0292. The molecule has 0 bridgehead atoms. The van der Waals surface area contributed by atoms with E-state index in [1.54, 1.807) is 12.3 Å². The van der Waals surface area contributed by atoms with Gasteiger partial charge in [0.15, 0.2) is 5.65 Å². The SMILES string of the molecule is O=C(Nc1ccc(F)c(-n2cc3cc(N4CC(F)(F)C4)cnc3n2)c1)N1CCC(F)C1. The summed E-state index contributed by atoms with van der Waals surface area (Å²) in [5.41, 5.74) is 1.28. The summed E-state index contributed by atoms with van der Waals surface area (Å²) in [5.74, 6) is -3.27. The highest BCUT2D eigenvalue weighted by atomic mass is 19.3. The molecule has 1 unspecified atom stereocenters. The van der Waals surface area contributed by atoms with Crippen molar-refractivity contribution < 1.29 is 22.4 Å². The van der Waals surface area contributed by atoms with Gasteiger partial charge in [-0.3, -0.25) is 0 Å². The number of fused-ring (bicyclic) bond motifs is 1. The van der Waals surface area contributed by atoms with Crippen LogP contribution in [-0.2, 0) is 0 Å². The standard InChI is InChI=1S/C20H18F4N6O/c21-13-3-4-28(9-13)19(31)26-14-1-2-16(22)17(6-14)30-8-12-5-15(7-25-18(12)27-30)29-10-20(23,24)11-29/h1-2,5-8,13H,3-4,9-11H2,(H,26,31). The predicted molar refractivity (Wildman–Crippen MR) is 106 cm³/mol. The molecule has 0 radical (unpaired) electrons. The van der Waals surface area contributed by atoms with Gasteiger partial charge < -0.3 is 15.1 Å². The maximum Gasteiger partial charge on any atom is 0.321 e. The van der Waals surface area contributed by atoms with Crippen LogP contribution in [0.15, 0.2) is 36.7 Å². The van der Waals surface area contributed by atoms with Crippen LogP contribution in [0.25, 0.3) is 16.7 Å². The fraction of sp³-hybridized carbons (Fsp3) is 0.350. The lowest BCUT2D eigenvalue weighted by Crippen LogP contribution is -2.56. The molecule has 31 heavy (non-hydrogen) atoms. The lowest BCUT2D eigenvalue weighted by atomic mass is 10.1. The molecule has 2 aliphatic rings. The number of hydrogen-bond acceptors (Lipinski definition) is 4. The van der Waals surface area contributed by atoms with Crippen molar-refractivity contribution in [3.63, 3.8) is 0 Å². The number of halogens is 4. The molecular weight excluding hydrogens is 416 g/mol. The zero-order valence-corrected chi connectivity index (χ0v) is 16.2. The second kappa shape index (κ2) is 7.10. The van der Waals surface area contributed by atoms with Gasteiger partial charge in [-0.1, -0.05) is 0 Å². The van der Waals surface area contributed by atoms with Crippen molar-refractivity contribution in [3.05, 3.63) is 42.5 Å². The number of hydrogen-bond donors (Lipinski definition) is 1. The summed E-state index contributed by atoms with van der Waals surface area (Å²) < 4.78 is 55.4. The average Bonchev–Trinajstić information content (AvgIpc) is 3.33. The third kappa shape index (κ3) is 3.75. The largest absolute Gasteiger partial charge is 0.358 e. The maximum atomic E-state index is 14.5. The van der Waals surface area contributed by atoms with Crippen LogP contribution in [0.4, 0.5) is 33.7 Å². The Morgan fingerprint density at radius 1 is 1.23 bits per heavy atom. The van der Waals surface area contributed by atoms with Gasteiger partial charge in [0.1, 0.15) is 17.7 Å². The van der Waals surface area contributed by atoms with E-state index in [9.17, 15) is 22.4 Å². The first-order valence-corrected chi connectivity index (χ1v) is 9.75. The summed E-state index contributed by atoms with van der Waals surface area (Å²) in [5, 5.41) is 7.45. The molecule has 2 aliphatic heterocycles. The number of anilines is 2. The Morgan fingerprint density at radius 3 is 2.74 bits per heavy atom. The summed E-state index contributed by atoms with van der Waals surface area (Å²) in [6, 6.07) is 5.23. The first-order chi connectivity index (χ1) is 14.8. The van der Waals surface area contributed by atoms with Crippen molar-refractivity contribution in [1.29, 1.82) is 0 Å². The molecular formula is C20H18F4N6O. The van der Waals surface area contributed by atoms with Gasteiger partial charge in [0.25, 0.3) is 5.92 Å². The van der Waals surface area contributed by atoms with Crippen LogP contribution in [0.2, 0.25) is 0 Å². The van der Waals surface area contributed by atoms with E-state index >= 15 is 0 Å². The van der Waals surface area contributed by atoms with Gasteiger partial charge in [0, 0.05) is 23.8 Å². The number of carbonyl (C=O) groups excluding carboxylic acids is 1. The number of rotatable bonds is 3. The molecule has 7 nitrogen and oxygen atoms in total. The van der Waals surface area contributed by atoms with Gasteiger partial charge in [-0.2, -0.15) is 0 Å². The zero-order chi connectivity index (χ0) is 21.8. The lowest BCUT2D eigenvalue weighted by Gasteiger charge is -2.40. The molecule has 2 fully saturated rings. The van der Waals surface area contributed by atoms with E-state index in [1.807, 2.05) is 0 Å². The maximum absolute atomic E-state index is 14.5. The summed E-state index contributed by atoms with van der Waals surface area (Å²) >= 11 is 0. The molecule has 3 aromatic rings. The molecule has 0 aliphatic carbocycles. The number of pyridine rings is 1. The summed E-state index contributed by atoms with van der Waals surface area (Å²) in [4.78, 5) is 19.3. The van der Waals surface area contributed by atoms with Gasteiger partial charge in [-0.15, -0.1) is 5.10 Å². The van der Waals surface area contributed by atoms with Crippen molar-refractivity contribution >= 4 is 28.4 Å². The number of nitrogens with one attached hydrogen (secondary N) is 1. The first-order valence-electron chi connectivity index (χ1n) is 9.75. The van der Waals surface area contributed by atoms with Crippen LogP contribution in [0.3, 0.4) is 0 Å². The quantitative estimate of drug-likeness (QED) is 0.640. The highest BCUT2D eigenvalue weighted by Crippen LogP contribution is 2.32. The first kappa shape index (κ1) is 19.6. The number of nitrogens with zero attached hydrogens (tertiary/aromatic N) is 5. The van der Waals surface area contributed by atoms with Crippen LogP contribution in [0.5, 0.6) is 0 Å². The summed E-state index contributed by atoms with van der Waals surface area (Å²) in [7, 11) is 0. The molecule has 1 atom stereocenters. The number of urea groups is 1. The third-order valence-electron chi connectivity index (χ3n) is 5.42. The monoisotopic (exact) mass is 434 g/mol. The number of aromatic nitrogens is 3.